The van der Waals surface area contributed by atoms with Crippen LogP contribution in [0.15, 0.2) is 89.8 Å². The summed E-state index contributed by atoms with van der Waals surface area (Å²) >= 11 is 0. The standard InChI is InChI=1S/C19H24O5S.C12H16O2.Na.H/c1-16-7-9-19(10-8-16)25(21,22)24-15-18(13-20)11-12-23-14-17-5-3-2-4-6-17;1-2-4-11(5-3-1)8-13-7-6-12-9-14-10-12;;/h2-10,18,20H,11-15H2,1H3;1-5,12H,6-10H2;;/q;;+1;-1. The molecule has 214 valence electrons. The summed E-state index contributed by atoms with van der Waals surface area (Å²) in [5, 5.41) is 9.42. The minimum atomic E-state index is -3.81. The second-order valence-electron chi connectivity index (χ2n) is 9.66. The third-order valence-electron chi connectivity index (χ3n) is 6.30. The Balaban J connectivity index is 0.000000447. The molecular weight excluding hydrogens is 539 g/mol. The molecular formula is C31H41NaO7S. The van der Waals surface area contributed by atoms with E-state index in [4.69, 9.17) is 18.4 Å². The van der Waals surface area contributed by atoms with Crippen molar-refractivity contribution in [3.8, 4) is 0 Å². The first kappa shape index (κ1) is 34.6. The molecule has 0 spiro atoms. The number of ether oxygens (including phenoxy) is 3. The van der Waals surface area contributed by atoms with Crippen LogP contribution in [0.3, 0.4) is 0 Å². The van der Waals surface area contributed by atoms with Crippen molar-refractivity contribution in [2.75, 3.05) is 39.6 Å². The zero-order chi connectivity index (χ0) is 27.8. The average molecular weight is 581 g/mol. The molecule has 1 atom stereocenters. The first-order valence-electron chi connectivity index (χ1n) is 13.3. The number of hydrogen-bond donors (Lipinski definition) is 1. The van der Waals surface area contributed by atoms with Gasteiger partial charge in [-0.15, -0.1) is 0 Å². The van der Waals surface area contributed by atoms with Crippen LogP contribution >= 0.6 is 0 Å². The van der Waals surface area contributed by atoms with Gasteiger partial charge in [-0.05, 0) is 43.0 Å². The molecule has 1 N–H and O–H groups in total. The van der Waals surface area contributed by atoms with Crippen molar-refractivity contribution in [3.63, 3.8) is 0 Å². The van der Waals surface area contributed by atoms with Gasteiger partial charge in [-0.2, -0.15) is 8.42 Å². The van der Waals surface area contributed by atoms with Crippen molar-refractivity contribution in [1.82, 2.24) is 0 Å². The Bertz CT molecular complexity index is 1160. The summed E-state index contributed by atoms with van der Waals surface area (Å²) in [6, 6.07) is 26.5. The monoisotopic (exact) mass is 580 g/mol. The van der Waals surface area contributed by atoms with E-state index in [9.17, 15) is 13.5 Å². The fourth-order valence-corrected chi connectivity index (χ4v) is 4.64. The Kier molecular flexibility index (Phi) is 16.9. The molecule has 1 unspecified atom stereocenters. The van der Waals surface area contributed by atoms with Gasteiger partial charge in [-0.25, -0.2) is 0 Å². The van der Waals surface area contributed by atoms with Gasteiger partial charge in [0.05, 0.1) is 37.9 Å². The zero-order valence-corrected chi connectivity index (χ0v) is 26.4. The normalized spacial score (nSPS) is 13.8. The van der Waals surface area contributed by atoms with E-state index < -0.39 is 10.1 Å². The summed E-state index contributed by atoms with van der Waals surface area (Å²) in [6.07, 6.45) is 1.65. The second kappa shape index (κ2) is 19.5. The predicted molar refractivity (Wildman–Crippen MR) is 152 cm³/mol. The van der Waals surface area contributed by atoms with Gasteiger partial charge in [0.2, 0.25) is 0 Å². The van der Waals surface area contributed by atoms with Crippen molar-refractivity contribution < 1.29 is 62.9 Å². The van der Waals surface area contributed by atoms with Crippen LogP contribution in [0.5, 0.6) is 0 Å². The SMILES string of the molecule is Cc1ccc(S(=O)(=O)OCC(CO)CCOCc2ccccc2)cc1.[H-].[Na+].c1ccc(COCCC2COC2)cc1. The van der Waals surface area contributed by atoms with Crippen molar-refractivity contribution in [1.29, 1.82) is 0 Å². The van der Waals surface area contributed by atoms with Crippen LogP contribution in [0.4, 0.5) is 0 Å². The minimum absolute atomic E-state index is 0. The predicted octanol–water partition coefficient (Wildman–Crippen LogP) is 2.27. The third kappa shape index (κ3) is 13.4. The molecule has 7 nitrogen and oxygen atoms in total. The number of aliphatic hydroxyl groups is 1. The van der Waals surface area contributed by atoms with Crippen molar-refractivity contribution in [3.05, 3.63) is 102 Å². The number of hydrogen-bond acceptors (Lipinski definition) is 7. The fraction of sp³-hybridized carbons (Fsp3) is 0.419. The first-order chi connectivity index (χ1) is 19.0. The Morgan fingerprint density at radius 1 is 0.875 bits per heavy atom. The third-order valence-corrected chi connectivity index (χ3v) is 7.59. The number of aliphatic hydroxyl groups excluding tert-OH is 1. The fourth-order valence-electron chi connectivity index (χ4n) is 3.67. The van der Waals surface area contributed by atoms with E-state index in [1.807, 2.05) is 55.5 Å². The summed E-state index contributed by atoms with van der Waals surface area (Å²) in [7, 11) is -3.81. The van der Waals surface area contributed by atoms with Gasteiger partial charge < -0.3 is 20.7 Å². The van der Waals surface area contributed by atoms with E-state index in [-0.39, 0.29) is 55.0 Å². The molecule has 4 rings (SSSR count). The molecule has 0 radical (unpaired) electrons. The van der Waals surface area contributed by atoms with E-state index in [1.165, 1.54) is 17.7 Å². The molecule has 0 aliphatic carbocycles. The molecule has 1 aliphatic rings. The molecule has 1 aliphatic heterocycles. The van der Waals surface area contributed by atoms with Gasteiger partial charge >= 0.3 is 29.6 Å². The van der Waals surface area contributed by atoms with E-state index in [0.29, 0.717) is 19.6 Å². The van der Waals surface area contributed by atoms with Crippen LogP contribution in [0.1, 0.15) is 31.0 Å². The zero-order valence-electron chi connectivity index (χ0n) is 24.6. The molecule has 0 saturated carbocycles. The summed E-state index contributed by atoms with van der Waals surface area (Å²) in [5.41, 5.74) is 3.29. The average Bonchev–Trinajstić information content (AvgIpc) is 2.93. The minimum Gasteiger partial charge on any atom is -1.00 e. The molecule has 1 heterocycles. The molecule has 9 heteroatoms. The van der Waals surface area contributed by atoms with E-state index >= 15 is 0 Å². The molecule has 40 heavy (non-hydrogen) atoms. The van der Waals surface area contributed by atoms with Gasteiger partial charge in [0.15, 0.2) is 0 Å². The molecule has 3 aromatic carbocycles. The first-order valence-corrected chi connectivity index (χ1v) is 14.7. The topological polar surface area (TPSA) is 91.3 Å². The molecule has 3 aromatic rings. The quantitative estimate of drug-likeness (QED) is 0.168. The van der Waals surface area contributed by atoms with Gasteiger partial charge in [0, 0.05) is 31.7 Å². The maximum atomic E-state index is 12.1. The molecule has 0 aromatic heterocycles. The smallest absolute Gasteiger partial charge is 1.00 e. The van der Waals surface area contributed by atoms with Crippen LogP contribution in [0.2, 0.25) is 0 Å². The largest absolute Gasteiger partial charge is 1.00 e. The number of rotatable bonds is 15. The Labute approximate surface area is 262 Å². The Morgan fingerprint density at radius 2 is 1.43 bits per heavy atom. The Morgan fingerprint density at radius 3 is 1.93 bits per heavy atom. The summed E-state index contributed by atoms with van der Waals surface area (Å²) in [4.78, 5) is 0.120. The molecule has 1 fully saturated rings. The summed E-state index contributed by atoms with van der Waals surface area (Å²) in [6.45, 7) is 6.00. The van der Waals surface area contributed by atoms with Gasteiger partial charge in [0.25, 0.3) is 10.1 Å². The second-order valence-corrected chi connectivity index (χ2v) is 11.3. The van der Waals surface area contributed by atoms with Crippen molar-refractivity contribution >= 4 is 10.1 Å². The number of aryl methyl sites for hydroxylation is 1. The van der Waals surface area contributed by atoms with Crippen LogP contribution in [0.25, 0.3) is 0 Å². The molecule has 1 saturated heterocycles. The summed E-state index contributed by atoms with van der Waals surface area (Å²) in [5.74, 6) is 0.446. The van der Waals surface area contributed by atoms with Gasteiger partial charge in [0.1, 0.15) is 0 Å². The maximum Gasteiger partial charge on any atom is 1.00 e. The van der Waals surface area contributed by atoms with Gasteiger partial charge in [-0.1, -0.05) is 78.4 Å². The Hall–Kier alpha value is -1.59. The number of benzene rings is 3. The van der Waals surface area contributed by atoms with E-state index in [0.717, 1.165) is 49.9 Å². The van der Waals surface area contributed by atoms with Crippen molar-refractivity contribution in [2.45, 2.75) is 37.9 Å². The van der Waals surface area contributed by atoms with E-state index in [1.54, 1.807) is 12.1 Å². The maximum absolute atomic E-state index is 12.1. The van der Waals surface area contributed by atoms with E-state index in [2.05, 4.69) is 12.1 Å². The van der Waals surface area contributed by atoms with Crippen LogP contribution in [0, 0.1) is 18.8 Å². The van der Waals surface area contributed by atoms with Gasteiger partial charge in [-0.3, -0.25) is 4.18 Å². The van der Waals surface area contributed by atoms with Crippen LogP contribution in [-0.4, -0.2) is 53.2 Å². The van der Waals surface area contributed by atoms with Crippen molar-refractivity contribution in [2.24, 2.45) is 11.8 Å². The summed E-state index contributed by atoms with van der Waals surface area (Å²) < 4.78 is 45.6. The van der Waals surface area contributed by atoms with Crippen LogP contribution < -0.4 is 29.6 Å². The molecule has 0 bridgehead atoms. The molecule has 0 amide bonds. The van der Waals surface area contributed by atoms with Crippen LogP contribution in [-0.2, 0) is 41.7 Å².